The van der Waals surface area contributed by atoms with Gasteiger partial charge in [-0.25, -0.2) is 4.79 Å². The third kappa shape index (κ3) is 9.12. The van der Waals surface area contributed by atoms with Gasteiger partial charge in [0, 0.05) is 12.2 Å². The molecule has 0 saturated heterocycles. The van der Waals surface area contributed by atoms with Gasteiger partial charge in [-0.1, -0.05) is 12.1 Å². The molecule has 1 atom stereocenters. The van der Waals surface area contributed by atoms with Crippen LogP contribution in [0.2, 0.25) is 0 Å². The number of nitrogens with two attached hydrogens (primary N) is 1. The van der Waals surface area contributed by atoms with Crippen LogP contribution in [0.1, 0.15) is 18.1 Å². The topological polar surface area (TPSA) is 105 Å². The highest BCUT2D eigenvalue weighted by Gasteiger charge is 2.15. The molecule has 0 saturated carbocycles. The normalized spacial score (nSPS) is 11.3. The number of carbonyl (C=O) groups excluding carboxylic acids is 1. The monoisotopic (exact) mass is 339 g/mol. The number of nitrogens with zero attached hydrogens (tertiary/aromatic N) is 1. The molecule has 7 heteroatoms. The number of rotatable bonds is 7. The SMILES string of the molecule is Cc1cccc(N[C@@H](C)C(=O)OCCN(C)C)c1C.NCC(=O)O. The van der Waals surface area contributed by atoms with Gasteiger partial charge >= 0.3 is 11.9 Å². The molecule has 0 bridgehead atoms. The van der Waals surface area contributed by atoms with Crippen LogP contribution < -0.4 is 11.1 Å². The average Bonchev–Trinajstić information content (AvgIpc) is 2.51. The van der Waals surface area contributed by atoms with Crippen molar-refractivity contribution in [3.8, 4) is 0 Å². The summed E-state index contributed by atoms with van der Waals surface area (Å²) in [5.74, 6) is -1.19. The van der Waals surface area contributed by atoms with E-state index in [-0.39, 0.29) is 18.6 Å². The van der Waals surface area contributed by atoms with Crippen LogP contribution in [-0.2, 0) is 14.3 Å². The minimum absolute atomic E-state index is 0.220. The lowest BCUT2D eigenvalue weighted by atomic mass is 10.1. The van der Waals surface area contributed by atoms with E-state index in [2.05, 4.69) is 24.0 Å². The molecular formula is C17H29N3O4. The minimum Gasteiger partial charge on any atom is -0.480 e. The third-order valence-electron chi connectivity index (χ3n) is 3.29. The Labute approximate surface area is 143 Å². The van der Waals surface area contributed by atoms with Crippen LogP contribution >= 0.6 is 0 Å². The average molecular weight is 339 g/mol. The number of hydrogen-bond acceptors (Lipinski definition) is 6. The van der Waals surface area contributed by atoms with Crippen LogP contribution in [0, 0.1) is 13.8 Å². The summed E-state index contributed by atoms with van der Waals surface area (Å²) in [5, 5.41) is 10.8. The lowest BCUT2D eigenvalue weighted by molar-refractivity contribution is -0.144. The fourth-order valence-electron chi connectivity index (χ4n) is 1.65. The Bertz CT molecular complexity index is 533. The molecule has 7 nitrogen and oxygen atoms in total. The molecule has 1 aromatic carbocycles. The summed E-state index contributed by atoms with van der Waals surface area (Å²) in [6, 6.07) is 5.67. The zero-order chi connectivity index (χ0) is 18.7. The maximum atomic E-state index is 11.8. The first-order valence-corrected chi connectivity index (χ1v) is 7.75. The van der Waals surface area contributed by atoms with E-state index in [1.165, 1.54) is 5.56 Å². The zero-order valence-electron chi connectivity index (χ0n) is 15.1. The van der Waals surface area contributed by atoms with Gasteiger partial charge in [0.25, 0.3) is 0 Å². The second-order valence-corrected chi connectivity index (χ2v) is 5.68. The molecule has 1 rings (SSSR count). The highest BCUT2D eigenvalue weighted by Crippen LogP contribution is 2.18. The highest BCUT2D eigenvalue weighted by molar-refractivity contribution is 5.79. The van der Waals surface area contributed by atoms with E-state index in [0.29, 0.717) is 6.61 Å². The van der Waals surface area contributed by atoms with Crippen molar-refractivity contribution >= 4 is 17.6 Å². The number of hydrogen-bond donors (Lipinski definition) is 3. The standard InChI is InChI=1S/C15H24N2O2.C2H5NO2/c1-11-7-6-8-14(12(11)2)16-13(3)15(18)19-10-9-17(4)5;3-1-2(4)5/h6-8,13,16H,9-10H2,1-5H3;1,3H2,(H,4,5)/t13-;/m0./s1. The van der Waals surface area contributed by atoms with Gasteiger partial charge in [-0.05, 0) is 52.1 Å². The summed E-state index contributed by atoms with van der Waals surface area (Å²) in [6.45, 7) is 6.80. The molecule has 4 N–H and O–H groups in total. The Morgan fingerprint density at radius 2 is 1.92 bits per heavy atom. The summed E-state index contributed by atoms with van der Waals surface area (Å²) < 4.78 is 5.21. The lowest BCUT2D eigenvalue weighted by Gasteiger charge is -2.17. The molecule has 0 spiro atoms. The molecule has 0 fully saturated rings. The van der Waals surface area contributed by atoms with Gasteiger partial charge in [-0.15, -0.1) is 0 Å². The van der Waals surface area contributed by atoms with E-state index in [9.17, 15) is 9.59 Å². The van der Waals surface area contributed by atoms with Crippen LogP contribution in [0.3, 0.4) is 0 Å². The lowest BCUT2D eigenvalue weighted by Crippen LogP contribution is -2.30. The molecule has 0 radical (unpaired) electrons. The maximum Gasteiger partial charge on any atom is 0.328 e. The van der Waals surface area contributed by atoms with Gasteiger partial charge < -0.3 is 25.8 Å². The summed E-state index contributed by atoms with van der Waals surface area (Å²) in [6.07, 6.45) is 0. The van der Waals surface area contributed by atoms with E-state index in [0.717, 1.165) is 17.8 Å². The number of carbonyl (C=O) groups is 2. The first-order valence-electron chi connectivity index (χ1n) is 7.75. The summed E-state index contributed by atoms with van der Waals surface area (Å²) in [7, 11) is 3.90. The number of nitrogens with one attached hydrogen (secondary N) is 1. The van der Waals surface area contributed by atoms with Crippen molar-refractivity contribution in [1.82, 2.24) is 4.90 Å². The van der Waals surface area contributed by atoms with Crippen LogP contribution in [0.4, 0.5) is 5.69 Å². The summed E-state index contributed by atoms with van der Waals surface area (Å²) >= 11 is 0. The quantitative estimate of drug-likeness (QED) is 0.642. The number of anilines is 1. The maximum absolute atomic E-state index is 11.8. The molecule has 0 aliphatic heterocycles. The largest absolute Gasteiger partial charge is 0.480 e. The first kappa shape index (κ1) is 21.9. The van der Waals surface area contributed by atoms with Gasteiger partial charge in [-0.3, -0.25) is 4.79 Å². The minimum atomic E-state index is -0.968. The predicted octanol–water partition coefficient (Wildman–Crippen LogP) is 1.24. The first-order chi connectivity index (χ1) is 11.2. The van der Waals surface area contributed by atoms with E-state index in [4.69, 9.17) is 9.84 Å². The molecule has 136 valence electrons. The molecule has 0 aliphatic rings. The van der Waals surface area contributed by atoms with E-state index >= 15 is 0 Å². The summed E-state index contributed by atoms with van der Waals surface area (Å²) in [4.78, 5) is 23.0. The number of aryl methyl sites for hydroxylation is 1. The Morgan fingerprint density at radius 1 is 1.33 bits per heavy atom. The van der Waals surface area contributed by atoms with Crippen molar-refractivity contribution in [2.45, 2.75) is 26.8 Å². The second-order valence-electron chi connectivity index (χ2n) is 5.68. The van der Waals surface area contributed by atoms with Crippen LogP contribution in [0.5, 0.6) is 0 Å². The zero-order valence-corrected chi connectivity index (χ0v) is 15.1. The number of aliphatic carboxylic acids is 1. The van der Waals surface area contributed by atoms with E-state index in [1.54, 1.807) is 0 Å². The highest BCUT2D eigenvalue weighted by atomic mass is 16.5. The second kappa shape index (κ2) is 11.4. The van der Waals surface area contributed by atoms with Crippen LogP contribution in [-0.4, -0.2) is 61.8 Å². The van der Waals surface area contributed by atoms with Gasteiger partial charge in [0.2, 0.25) is 0 Å². The number of carboxylic acids is 1. The third-order valence-corrected chi connectivity index (χ3v) is 3.29. The van der Waals surface area contributed by atoms with Crippen LogP contribution in [0.25, 0.3) is 0 Å². The van der Waals surface area contributed by atoms with E-state index < -0.39 is 5.97 Å². The van der Waals surface area contributed by atoms with E-state index in [1.807, 2.05) is 45.0 Å². The van der Waals surface area contributed by atoms with Crippen molar-refractivity contribution in [2.24, 2.45) is 5.73 Å². The Balaban J connectivity index is 0.000000922. The van der Waals surface area contributed by atoms with Crippen LogP contribution in [0.15, 0.2) is 18.2 Å². The number of carboxylic acid groups (broad SMARTS) is 1. The van der Waals surface area contributed by atoms with Gasteiger partial charge in [-0.2, -0.15) is 0 Å². The molecular weight excluding hydrogens is 310 g/mol. The smallest absolute Gasteiger partial charge is 0.328 e. The molecule has 1 aromatic rings. The Hall–Kier alpha value is -2.12. The van der Waals surface area contributed by atoms with Crippen molar-refractivity contribution in [2.75, 3.05) is 39.1 Å². The molecule has 0 aromatic heterocycles. The van der Waals surface area contributed by atoms with Crippen molar-refractivity contribution in [1.29, 1.82) is 0 Å². The molecule has 0 heterocycles. The molecule has 24 heavy (non-hydrogen) atoms. The Kier molecular flexibility index (Phi) is 10.4. The van der Waals surface area contributed by atoms with Gasteiger partial charge in [0.05, 0.1) is 6.54 Å². The number of benzene rings is 1. The fraction of sp³-hybridized carbons (Fsp3) is 0.529. The molecule has 0 aliphatic carbocycles. The van der Waals surface area contributed by atoms with Gasteiger partial charge in [0.15, 0.2) is 0 Å². The predicted molar refractivity (Wildman–Crippen MR) is 95.2 cm³/mol. The van der Waals surface area contributed by atoms with Crippen molar-refractivity contribution < 1.29 is 19.4 Å². The van der Waals surface area contributed by atoms with Crippen molar-refractivity contribution in [3.63, 3.8) is 0 Å². The Morgan fingerprint density at radius 3 is 2.42 bits per heavy atom. The van der Waals surface area contributed by atoms with Crippen molar-refractivity contribution in [3.05, 3.63) is 29.3 Å². The number of likely N-dealkylation sites (N-methyl/N-ethyl adjacent to an activating group) is 1. The fourth-order valence-corrected chi connectivity index (χ4v) is 1.65. The molecule has 0 unspecified atom stereocenters. The van der Waals surface area contributed by atoms with Gasteiger partial charge in [0.1, 0.15) is 12.6 Å². The number of ether oxygens (including phenoxy) is 1. The summed E-state index contributed by atoms with van der Waals surface area (Å²) in [5.41, 5.74) is 7.92. The molecule has 0 amide bonds. The number of esters is 1.